The van der Waals surface area contributed by atoms with E-state index in [0.29, 0.717) is 11.8 Å². The molecule has 2 atom stereocenters. The van der Waals surface area contributed by atoms with Gasteiger partial charge in [-0.2, -0.15) is 8.78 Å². The number of nitrogens with one attached hydrogen (secondary N) is 1. The number of piperidine rings is 1. The van der Waals surface area contributed by atoms with Crippen LogP contribution in [0.25, 0.3) is 0 Å². The van der Waals surface area contributed by atoms with Gasteiger partial charge in [0.1, 0.15) is 12.4 Å². The predicted molar refractivity (Wildman–Crippen MR) is 107 cm³/mol. The fourth-order valence-corrected chi connectivity index (χ4v) is 3.99. The molecule has 28 heavy (non-hydrogen) atoms. The number of hydrogen-bond acceptors (Lipinski definition) is 2. The minimum Gasteiger partial charge on any atom is -0.357 e. The number of alkyl halides is 2. The Kier molecular flexibility index (Phi) is 7.01. The second-order valence-corrected chi connectivity index (χ2v) is 7.12. The maximum atomic E-state index is 13.0. The molecule has 1 aromatic carbocycles. The Hall–Kier alpha value is -2.44. The van der Waals surface area contributed by atoms with Crippen LogP contribution >= 0.6 is 0 Å². The van der Waals surface area contributed by atoms with Gasteiger partial charge in [-0.25, -0.2) is 9.98 Å². The molecule has 152 valence electrons. The third kappa shape index (κ3) is 4.69. The summed E-state index contributed by atoms with van der Waals surface area (Å²) in [5.41, 5.74) is 1.40. The molecule has 5 nitrogen and oxygen atoms in total. The summed E-state index contributed by atoms with van der Waals surface area (Å²) in [6.07, 6.45) is 4.83. The van der Waals surface area contributed by atoms with E-state index in [1.165, 1.54) is 18.0 Å². The maximum Gasteiger partial charge on any atom is 0.319 e. The summed E-state index contributed by atoms with van der Waals surface area (Å²) >= 11 is 0. The largest absolute Gasteiger partial charge is 0.357 e. The number of nitrogens with zero attached hydrogens (tertiary/aromatic N) is 4. The van der Waals surface area contributed by atoms with Gasteiger partial charge in [-0.15, -0.1) is 0 Å². The number of likely N-dealkylation sites (tertiary alicyclic amines) is 1. The minimum absolute atomic E-state index is 0.134. The number of aromatic nitrogens is 2. The van der Waals surface area contributed by atoms with E-state index in [2.05, 4.69) is 57.4 Å². The molecule has 0 radical (unpaired) electrons. The highest BCUT2D eigenvalue weighted by Crippen LogP contribution is 2.34. The zero-order valence-electron chi connectivity index (χ0n) is 16.6. The van der Waals surface area contributed by atoms with Gasteiger partial charge in [-0.05, 0) is 30.7 Å². The summed E-state index contributed by atoms with van der Waals surface area (Å²) in [6.45, 7) is 4.32. The van der Waals surface area contributed by atoms with Gasteiger partial charge < -0.3 is 10.2 Å². The number of imidazole rings is 1. The molecule has 0 amide bonds. The Labute approximate surface area is 165 Å². The lowest BCUT2D eigenvalue weighted by Crippen LogP contribution is -2.48. The third-order valence-electron chi connectivity index (χ3n) is 5.45. The first kappa shape index (κ1) is 20.3. The number of guanidine groups is 1. The van der Waals surface area contributed by atoms with Gasteiger partial charge in [-0.3, -0.25) is 4.57 Å². The van der Waals surface area contributed by atoms with Crippen LogP contribution < -0.4 is 5.32 Å². The van der Waals surface area contributed by atoms with Crippen LogP contribution in [0.15, 0.2) is 47.7 Å². The molecule has 0 saturated carbocycles. The summed E-state index contributed by atoms with van der Waals surface area (Å²) in [4.78, 5) is 10.9. The van der Waals surface area contributed by atoms with Crippen molar-refractivity contribution < 1.29 is 8.78 Å². The van der Waals surface area contributed by atoms with Gasteiger partial charge in [0.25, 0.3) is 0 Å². The Bertz CT molecular complexity index is 759. The van der Waals surface area contributed by atoms with E-state index in [1.54, 1.807) is 0 Å². The fraction of sp³-hybridized carbons (Fsp3) is 0.524. The zero-order chi connectivity index (χ0) is 19.9. The average Bonchev–Trinajstić information content (AvgIpc) is 3.20. The monoisotopic (exact) mass is 389 g/mol. The fourth-order valence-electron chi connectivity index (χ4n) is 3.99. The van der Waals surface area contributed by atoms with Crippen LogP contribution in [0.1, 0.15) is 50.5 Å². The molecule has 1 fully saturated rings. The van der Waals surface area contributed by atoms with Gasteiger partial charge in [0.15, 0.2) is 5.96 Å². The molecule has 1 aliphatic rings. The summed E-state index contributed by atoms with van der Waals surface area (Å²) in [7, 11) is 0. The quantitative estimate of drug-likeness (QED) is 0.593. The number of rotatable bonds is 6. The smallest absolute Gasteiger partial charge is 0.319 e. The van der Waals surface area contributed by atoms with E-state index in [-0.39, 0.29) is 12.4 Å². The number of halogens is 2. The molecular weight excluding hydrogens is 360 g/mol. The highest BCUT2D eigenvalue weighted by atomic mass is 19.3. The van der Waals surface area contributed by atoms with Gasteiger partial charge in [0.05, 0.1) is 0 Å². The lowest BCUT2D eigenvalue weighted by molar-refractivity contribution is 0.0670. The average molecular weight is 389 g/mol. The maximum absolute atomic E-state index is 13.0. The number of benzene rings is 1. The highest BCUT2D eigenvalue weighted by Gasteiger charge is 2.30. The first-order valence-corrected chi connectivity index (χ1v) is 10.0. The number of aliphatic imine (C=N–C) groups is 1. The summed E-state index contributed by atoms with van der Waals surface area (Å²) in [5, 5.41) is 3.31. The van der Waals surface area contributed by atoms with Crippen LogP contribution in [0, 0.1) is 5.92 Å². The Balaban J connectivity index is 1.73. The van der Waals surface area contributed by atoms with Crippen molar-refractivity contribution in [2.45, 2.75) is 45.7 Å². The molecule has 2 heterocycles. The first-order chi connectivity index (χ1) is 13.6. The van der Waals surface area contributed by atoms with Crippen molar-refractivity contribution in [3.05, 3.63) is 54.1 Å². The third-order valence-corrected chi connectivity index (χ3v) is 5.45. The minimum atomic E-state index is -2.60. The highest BCUT2D eigenvalue weighted by molar-refractivity contribution is 5.80. The van der Waals surface area contributed by atoms with Crippen molar-refractivity contribution in [3.63, 3.8) is 0 Å². The predicted octanol–water partition coefficient (Wildman–Crippen LogP) is 4.26. The first-order valence-electron chi connectivity index (χ1n) is 10.0. The van der Waals surface area contributed by atoms with E-state index in [0.717, 1.165) is 43.0 Å². The molecule has 1 saturated heterocycles. The van der Waals surface area contributed by atoms with Crippen molar-refractivity contribution in [2.24, 2.45) is 10.9 Å². The van der Waals surface area contributed by atoms with Crippen LogP contribution in [-0.2, 0) is 6.54 Å². The Morgan fingerprint density at radius 2 is 2.07 bits per heavy atom. The van der Waals surface area contributed by atoms with E-state index < -0.39 is 6.55 Å². The molecular formula is C21H29F2N5. The van der Waals surface area contributed by atoms with Gasteiger partial charge in [0.2, 0.25) is 0 Å². The van der Waals surface area contributed by atoms with Crippen molar-refractivity contribution in [2.75, 3.05) is 19.6 Å². The zero-order valence-corrected chi connectivity index (χ0v) is 16.6. The van der Waals surface area contributed by atoms with E-state index in [9.17, 15) is 8.78 Å². The molecule has 1 N–H and O–H groups in total. The molecule has 2 aromatic rings. The van der Waals surface area contributed by atoms with Gasteiger partial charge in [0, 0.05) is 32.0 Å². The standard InChI is InChI=1S/C21H29F2N5/c1-3-16-15-27(12-10-18(16)17-8-6-5-7-9-17)21(24-4-2)26-14-19-25-11-13-28(19)20(22)23/h5-9,11,13,16,18,20H,3-4,10,12,14-15H2,1-2H3,(H,24,26). The Morgan fingerprint density at radius 3 is 2.75 bits per heavy atom. The van der Waals surface area contributed by atoms with Crippen LogP contribution in [0.5, 0.6) is 0 Å². The van der Waals surface area contributed by atoms with Crippen LogP contribution in [-0.4, -0.2) is 40.0 Å². The molecule has 0 bridgehead atoms. The van der Waals surface area contributed by atoms with E-state index in [4.69, 9.17) is 0 Å². The summed E-state index contributed by atoms with van der Waals surface area (Å²) < 4.78 is 26.9. The second kappa shape index (κ2) is 9.66. The van der Waals surface area contributed by atoms with Crippen molar-refractivity contribution in [1.29, 1.82) is 0 Å². The molecule has 0 aliphatic carbocycles. The second-order valence-electron chi connectivity index (χ2n) is 7.12. The van der Waals surface area contributed by atoms with Crippen molar-refractivity contribution in [1.82, 2.24) is 19.8 Å². The Morgan fingerprint density at radius 1 is 1.29 bits per heavy atom. The van der Waals surface area contributed by atoms with Crippen molar-refractivity contribution in [3.8, 4) is 0 Å². The normalized spacial score (nSPS) is 20.6. The van der Waals surface area contributed by atoms with Crippen LogP contribution in [0.4, 0.5) is 8.78 Å². The molecule has 7 heteroatoms. The lowest BCUT2D eigenvalue weighted by atomic mass is 9.79. The van der Waals surface area contributed by atoms with Gasteiger partial charge >= 0.3 is 6.55 Å². The van der Waals surface area contributed by atoms with Crippen molar-refractivity contribution >= 4 is 5.96 Å². The summed E-state index contributed by atoms with van der Waals surface area (Å²) in [6, 6.07) is 10.7. The SMILES string of the molecule is CCNC(=NCc1nccn1C(F)F)N1CCC(c2ccccc2)C(CC)C1. The molecule has 0 spiro atoms. The molecule has 2 unspecified atom stereocenters. The molecule has 1 aromatic heterocycles. The van der Waals surface area contributed by atoms with E-state index >= 15 is 0 Å². The topological polar surface area (TPSA) is 45.5 Å². The molecule has 3 rings (SSSR count). The molecule has 1 aliphatic heterocycles. The van der Waals surface area contributed by atoms with E-state index in [1.807, 2.05) is 6.92 Å². The van der Waals surface area contributed by atoms with Gasteiger partial charge in [-0.1, -0.05) is 43.7 Å². The summed E-state index contributed by atoms with van der Waals surface area (Å²) in [5.74, 6) is 2.12. The van der Waals surface area contributed by atoms with Crippen LogP contribution in [0.2, 0.25) is 0 Å². The van der Waals surface area contributed by atoms with Crippen LogP contribution in [0.3, 0.4) is 0 Å². The number of hydrogen-bond donors (Lipinski definition) is 1. The lowest BCUT2D eigenvalue weighted by Gasteiger charge is -2.40.